The normalized spacial score (nSPS) is 29.2. The molecule has 2 fully saturated rings. The Morgan fingerprint density at radius 3 is 2.79 bits per heavy atom. The fourth-order valence-electron chi connectivity index (χ4n) is 2.21. The molecule has 0 radical (unpaired) electrons. The van der Waals surface area contributed by atoms with Gasteiger partial charge in [-0.15, -0.1) is 0 Å². The Balaban J connectivity index is 1.75. The van der Waals surface area contributed by atoms with Crippen molar-refractivity contribution >= 4 is 0 Å². The van der Waals surface area contributed by atoms with E-state index in [4.69, 9.17) is 9.47 Å². The highest BCUT2D eigenvalue weighted by Crippen LogP contribution is 2.25. The van der Waals surface area contributed by atoms with Crippen LogP contribution >= 0.6 is 0 Å². The lowest BCUT2D eigenvalue weighted by molar-refractivity contribution is -0.000515. The molecule has 0 amide bonds. The van der Waals surface area contributed by atoms with Gasteiger partial charge in [0, 0.05) is 6.61 Å². The lowest BCUT2D eigenvalue weighted by atomic mass is 10.1. The molecule has 0 aromatic heterocycles. The van der Waals surface area contributed by atoms with Gasteiger partial charge < -0.3 is 9.47 Å². The maximum absolute atomic E-state index is 5.72. The molecule has 1 aliphatic heterocycles. The van der Waals surface area contributed by atoms with E-state index >= 15 is 0 Å². The molecule has 2 aliphatic rings. The molecule has 2 heteroatoms. The van der Waals surface area contributed by atoms with Crippen molar-refractivity contribution < 1.29 is 9.47 Å². The molecule has 0 N–H and O–H groups in total. The van der Waals surface area contributed by atoms with Crippen LogP contribution in [-0.4, -0.2) is 18.8 Å². The van der Waals surface area contributed by atoms with Gasteiger partial charge in [-0.2, -0.15) is 0 Å². The van der Waals surface area contributed by atoms with E-state index in [-0.39, 0.29) is 6.10 Å². The van der Waals surface area contributed by atoms with Crippen LogP contribution in [0.15, 0.2) is 11.8 Å². The van der Waals surface area contributed by atoms with Crippen molar-refractivity contribution in [1.82, 2.24) is 0 Å². The molecule has 0 aromatic carbocycles. The molecule has 0 aromatic rings. The van der Waals surface area contributed by atoms with Crippen molar-refractivity contribution in [3.8, 4) is 0 Å². The van der Waals surface area contributed by atoms with E-state index in [0.29, 0.717) is 6.10 Å². The minimum Gasteiger partial charge on any atom is -0.496 e. The second-order valence-electron chi connectivity index (χ2n) is 4.38. The Kier molecular flexibility index (Phi) is 3.46. The fourth-order valence-corrected chi connectivity index (χ4v) is 2.21. The molecule has 14 heavy (non-hydrogen) atoms. The summed E-state index contributed by atoms with van der Waals surface area (Å²) in [6.45, 7) is 3.02. The van der Waals surface area contributed by atoms with Gasteiger partial charge in [-0.3, -0.25) is 0 Å². The number of rotatable bonds is 3. The third-order valence-electron chi connectivity index (χ3n) is 3.18. The van der Waals surface area contributed by atoms with Crippen molar-refractivity contribution in [3.63, 3.8) is 0 Å². The third-order valence-corrected chi connectivity index (χ3v) is 3.18. The van der Waals surface area contributed by atoms with Crippen LogP contribution in [0.25, 0.3) is 0 Å². The van der Waals surface area contributed by atoms with E-state index in [2.05, 4.69) is 6.92 Å². The smallest absolute Gasteiger partial charge is 0.121 e. The van der Waals surface area contributed by atoms with Crippen LogP contribution in [0, 0.1) is 0 Å². The molecule has 0 bridgehead atoms. The van der Waals surface area contributed by atoms with E-state index in [1.807, 2.05) is 6.26 Å². The summed E-state index contributed by atoms with van der Waals surface area (Å²) in [5.41, 5.74) is 1.48. The highest BCUT2D eigenvalue weighted by atomic mass is 16.5. The van der Waals surface area contributed by atoms with Gasteiger partial charge in [0.2, 0.25) is 0 Å². The first-order valence-corrected chi connectivity index (χ1v) is 5.81. The molecule has 1 saturated carbocycles. The second-order valence-corrected chi connectivity index (χ2v) is 4.38. The van der Waals surface area contributed by atoms with Crippen molar-refractivity contribution in [2.75, 3.05) is 6.61 Å². The number of hydrogen-bond acceptors (Lipinski definition) is 2. The average molecular weight is 196 g/mol. The van der Waals surface area contributed by atoms with Crippen molar-refractivity contribution in [2.45, 2.75) is 57.7 Å². The van der Waals surface area contributed by atoms with Crippen LogP contribution in [0.1, 0.15) is 45.4 Å². The molecule has 1 heterocycles. The van der Waals surface area contributed by atoms with E-state index in [9.17, 15) is 0 Å². The van der Waals surface area contributed by atoms with Gasteiger partial charge in [0.05, 0.1) is 12.4 Å². The first-order chi connectivity index (χ1) is 6.86. The Labute approximate surface area is 86.3 Å². The Morgan fingerprint density at radius 2 is 2.14 bits per heavy atom. The predicted molar refractivity (Wildman–Crippen MR) is 56.1 cm³/mol. The Morgan fingerprint density at radius 1 is 1.36 bits per heavy atom. The minimum atomic E-state index is 0.227. The highest BCUT2D eigenvalue weighted by Gasteiger charge is 2.23. The molecule has 1 saturated heterocycles. The predicted octanol–water partition coefficient (Wildman–Crippen LogP) is 3.03. The first kappa shape index (κ1) is 10.0. The van der Waals surface area contributed by atoms with Gasteiger partial charge in [0.15, 0.2) is 0 Å². The first-order valence-electron chi connectivity index (χ1n) is 5.81. The molecule has 2 unspecified atom stereocenters. The number of hydrogen-bond donors (Lipinski definition) is 0. The summed E-state index contributed by atoms with van der Waals surface area (Å²) in [5.74, 6) is 0. The van der Waals surface area contributed by atoms with E-state index < -0.39 is 0 Å². The van der Waals surface area contributed by atoms with Crippen LogP contribution in [0.3, 0.4) is 0 Å². The van der Waals surface area contributed by atoms with Crippen LogP contribution in [0.2, 0.25) is 0 Å². The molecule has 1 aliphatic carbocycles. The molecule has 0 spiro atoms. The molecule has 80 valence electrons. The largest absolute Gasteiger partial charge is 0.496 e. The summed E-state index contributed by atoms with van der Waals surface area (Å²) in [6, 6.07) is 0. The molecule has 2 nitrogen and oxygen atoms in total. The third kappa shape index (κ3) is 2.50. The van der Waals surface area contributed by atoms with E-state index in [1.165, 1.54) is 37.7 Å². The van der Waals surface area contributed by atoms with Crippen molar-refractivity contribution in [2.24, 2.45) is 0 Å². The van der Waals surface area contributed by atoms with Crippen LogP contribution in [0.5, 0.6) is 0 Å². The highest BCUT2D eigenvalue weighted by molar-refractivity contribution is 5.02. The lowest BCUT2D eigenvalue weighted by Gasteiger charge is -2.18. The summed E-state index contributed by atoms with van der Waals surface area (Å²) in [6.07, 6.45) is 10.0. The SMILES string of the molecule is CC(OC=C1CCCC1)C1CCCO1. The zero-order valence-corrected chi connectivity index (χ0v) is 9.00. The van der Waals surface area contributed by atoms with Gasteiger partial charge in [-0.05, 0) is 51.0 Å². The van der Waals surface area contributed by atoms with Gasteiger partial charge in [0.25, 0.3) is 0 Å². The summed E-state index contributed by atoms with van der Waals surface area (Å²) in [5, 5.41) is 0. The molecule has 2 rings (SSSR count). The summed E-state index contributed by atoms with van der Waals surface area (Å²) >= 11 is 0. The second kappa shape index (κ2) is 4.83. The van der Waals surface area contributed by atoms with Gasteiger partial charge in [0.1, 0.15) is 6.10 Å². The van der Waals surface area contributed by atoms with Gasteiger partial charge in [-0.1, -0.05) is 0 Å². The number of allylic oxidation sites excluding steroid dienone is 1. The summed E-state index contributed by atoms with van der Waals surface area (Å²) in [4.78, 5) is 0. The zero-order chi connectivity index (χ0) is 9.80. The fraction of sp³-hybridized carbons (Fsp3) is 0.833. The zero-order valence-electron chi connectivity index (χ0n) is 9.00. The van der Waals surface area contributed by atoms with Gasteiger partial charge in [-0.25, -0.2) is 0 Å². The van der Waals surface area contributed by atoms with Gasteiger partial charge >= 0.3 is 0 Å². The van der Waals surface area contributed by atoms with E-state index in [1.54, 1.807) is 0 Å². The van der Waals surface area contributed by atoms with Crippen molar-refractivity contribution in [1.29, 1.82) is 0 Å². The average Bonchev–Trinajstić information content (AvgIpc) is 2.87. The van der Waals surface area contributed by atoms with Crippen LogP contribution < -0.4 is 0 Å². The van der Waals surface area contributed by atoms with Crippen molar-refractivity contribution in [3.05, 3.63) is 11.8 Å². The topological polar surface area (TPSA) is 18.5 Å². The van der Waals surface area contributed by atoms with E-state index in [0.717, 1.165) is 13.0 Å². The minimum absolute atomic E-state index is 0.227. The lowest BCUT2D eigenvalue weighted by Crippen LogP contribution is -2.23. The maximum Gasteiger partial charge on any atom is 0.121 e. The monoisotopic (exact) mass is 196 g/mol. The maximum atomic E-state index is 5.72. The summed E-state index contributed by atoms with van der Waals surface area (Å²) < 4.78 is 11.3. The Hall–Kier alpha value is -0.500. The number of ether oxygens (including phenoxy) is 2. The molecular formula is C12H20O2. The van der Waals surface area contributed by atoms with Crippen LogP contribution in [0.4, 0.5) is 0 Å². The molecule has 2 atom stereocenters. The van der Waals surface area contributed by atoms with Crippen LogP contribution in [-0.2, 0) is 9.47 Å². The Bertz CT molecular complexity index is 196. The summed E-state index contributed by atoms with van der Waals surface area (Å²) in [7, 11) is 0. The molecular weight excluding hydrogens is 176 g/mol. The quantitative estimate of drug-likeness (QED) is 0.646. The standard InChI is InChI=1S/C12H20O2/c1-10(12-7-4-8-13-12)14-9-11-5-2-3-6-11/h9-10,12H,2-8H2,1H3.